The zero-order chi connectivity index (χ0) is 16.5. The number of amides is 2. The predicted molar refractivity (Wildman–Crippen MR) is 79.4 cm³/mol. The second-order valence-corrected chi connectivity index (χ2v) is 4.72. The van der Waals surface area contributed by atoms with E-state index in [2.05, 4.69) is 10.6 Å². The average molecular weight is 309 g/mol. The number of aliphatic carboxylic acids is 2. The second-order valence-electron chi connectivity index (χ2n) is 4.72. The Morgan fingerprint density at radius 3 is 2.32 bits per heavy atom. The van der Waals surface area contributed by atoms with E-state index in [1.165, 1.54) is 0 Å². The van der Waals surface area contributed by atoms with Gasteiger partial charge >= 0.3 is 18.0 Å². The molecule has 0 aromatic heterocycles. The van der Waals surface area contributed by atoms with Gasteiger partial charge in [-0.2, -0.15) is 0 Å². The Bertz CT molecular complexity index is 530. The van der Waals surface area contributed by atoms with E-state index < -0.39 is 24.0 Å². The van der Waals surface area contributed by atoms with Crippen LogP contribution in [0.25, 0.3) is 0 Å². The summed E-state index contributed by atoms with van der Waals surface area (Å²) in [6.07, 6.45) is 0.0687. The third kappa shape index (κ3) is 6.60. The highest BCUT2D eigenvalue weighted by atomic mass is 16.4. The topological polar surface area (TPSA) is 142 Å². The molecule has 1 rings (SSSR count). The van der Waals surface area contributed by atoms with Gasteiger partial charge in [0.15, 0.2) is 0 Å². The van der Waals surface area contributed by atoms with Crippen molar-refractivity contribution < 1.29 is 24.6 Å². The van der Waals surface area contributed by atoms with Crippen LogP contribution in [0.1, 0.15) is 18.4 Å². The standard InChI is InChI=1S/C14H19N3O5/c15-10-3-1-9(2-4-10)7-8-16-14(22)17-11(13(20)21)5-6-12(18)19/h1-4,11H,5-8,15H2,(H,18,19)(H,20,21)(H2,16,17,22). The highest BCUT2D eigenvalue weighted by Crippen LogP contribution is 2.05. The molecule has 0 saturated heterocycles. The molecule has 8 heteroatoms. The molecule has 0 aliphatic rings. The number of urea groups is 1. The van der Waals surface area contributed by atoms with Crippen molar-refractivity contribution in [1.82, 2.24) is 10.6 Å². The van der Waals surface area contributed by atoms with Gasteiger partial charge in [0.25, 0.3) is 0 Å². The maximum absolute atomic E-state index is 11.6. The molecule has 0 aliphatic heterocycles. The van der Waals surface area contributed by atoms with E-state index >= 15 is 0 Å². The number of benzene rings is 1. The van der Waals surface area contributed by atoms with Crippen LogP contribution in [0.4, 0.5) is 10.5 Å². The molecule has 1 unspecified atom stereocenters. The van der Waals surface area contributed by atoms with Gasteiger partial charge in [-0.3, -0.25) is 4.79 Å². The van der Waals surface area contributed by atoms with Crippen LogP contribution >= 0.6 is 0 Å². The number of carboxylic acid groups (broad SMARTS) is 2. The lowest BCUT2D eigenvalue weighted by atomic mass is 10.1. The van der Waals surface area contributed by atoms with Gasteiger partial charge in [-0.15, -0.1) is 0 Å². The largest absolute Gasteiger partial charge is 0.481 e. The summed E-state index contributed by atoms with van der Waals surface area (Å²) < 4.78 is 0. The SMILES string of the molecule is Nc1ccc(CCNC(=O)NC(CCC(=O)O)C(=O)O)cc1. The van der Waals surface area contributed by atoms with Gasteiger partial charge in [0.05, 0.1) is 0 Å². The molecule has 6 N–H and O–H groups in total. The molecule has 0 saturated carbocycles. The molecule has 0 bridgehead atoms. The van der Waals surface area contributed by atoms with E-state index in [0.717, 1.165) is 5.56 Å². The number of carbonyl (C=O) groups is 3. The number of hydrogen-bond donors (Lipinski definition) is 5. The summed E-state index contributed by atoms with van der Waals surface area (Å²) in [4.78, 5) is 33.0. The Morgan fingerprint density at radius 2 is 1.77 bits per heavy atom. The lowest BCUT2D eigenvalue weighted by molar-refractivity contribution is -0.140. The van der Waals surface area contributed by atoms with Gasteiger partial charge in [-0.1, -0.05) is 12.1 Å². The molecule has 8 nitrogen and oxygen atoms in total. The molecule has 1 aromatic carbocycles. The van der Waals surface area contributed by atoms with Crippen LogP contribution in [0, 0.1) is 0 Å². The fraction of sp³-hybridized carbons (Fsp3) is 0.357. The number of anilines is 1. The van der Waals surface area contributed by atoms with Crippen molar-refractivity contribution in [2.24, 2.45) is 0 Å². The average Bonchev–Trinajstić information content (AvgIpc) is 2.45. The Hall–Kier alpha value is -2.77. The summed E-state index contributed by atoms with van der Waals surface area (Å²) in [5, 5.41) is 22.2. The molecular weight excluding hydrogens is 290 g/mol. The van der Waals surface area contributed by atoms with Gasteiger partial charge in [0.2, 0.25) is 0 Å². The van der Waals surface area contributed by atoms with E-state index in [1.54, 1.807) is 12.1 Å². The number of rotatable bonds is 8. The molecule has 2 amide bonds. The Balaban J connectivity index is 2.35. The first-order valence-corrected chi connectivity index (χ1v) is 6.72. The van der Waals surface area contributed by atoms with Crippen molar-refractivity contribution in [3.63, 3.8) is 0 Å². The number of carbonyl (C=O) groups excluding carboxylic acids is 1. The third-order valence-electron chi connectivity index (χ3n) is 2.93. The molecule has 0 fully saturated rings. The zero-order valence-electron chi connectivity index (χ0n) is 11.9. The molecule has 0 spiro atoms. The summed E-state index contributed by atoms with van der Waals surface area (Å²) in [6.45, 7) is 0.320. The van der Waals surface area contributed by atoms with Crippen molar-refractivity contribution in [3.05, 3.63) is 29.8 Å². The maximum Gasteiger partial charge on any atom is 0.326 e. The van der Waals surface area contributed by atoms with Gasteiger partial charge in [-0.25, -0.2) is 9.59 Å². The van der Waals surface area contributed by atoms with E-state index in [-0.39, 0.29) is 12.8 Å². The minimum Gasteiger partial charge on any atom is -0.481 e. The molecule has 1 atom stereocenters. The molecule has 0 aliphatic carbocycles. The van der Waals surface area contributed by atoms with Gasteiger partial charge in [0.1, 0.15) is 6.04 Å². The minimum atomic E-state index is -1.27. The first kappa shape index (κ1) is 17.3. The molecule has 120 valence electrons. The minimum absolute atomic E-state index is 0.171. The number of nitrogen functional groups attached to an aromatic ring is 1. The van der Waals surface area contributed by atoms with E-state index in [1.807, 2.05) is 12.1 Å². The van der Waals surface area contributed by atoms with E-state index in [9.17, 15) is 14.4 Å². The molecule has 1 aromatic rings. The first-order valence-electron chi connectivity index (χ1n) is 6.72. The molecular formula is C14H19N3O5. The lowest BCUT2D eigenvalue weighted by Gasteiger charge is -2.14. The van der Waals surface area contributed by atoms with E-state index in [0.29, 0.717) is 18.7 Å². The summed E-state index contributed by atoms with van der Waals surface area (Å²) in [5.74, 6) is -2.38. The van der Waals surface area contributed by atoms with Gasteiger partial charge in [-0.05, 0) is 30.5 Å². The van der Waals surface area contributed by atoms with Crippen LogP contribution < -0.4 is 16.4 Å². The Morgan fingerprint density at radius 1 is 1.14 bits per heavy atom. The van der Waals surface area contributed by atoms with Gasteiger partial charge in [0, 0.05) is 18.7 Å². The smallest absolute Gasteiger partial charge is 0.326 e. The van der Waals surface area contributed by atoms with Crippen LogP contribution in [0.3, 0.4) is 0 Å². The fourth-order valence-electron chi connectivity index (χ4n) is 1.74. The van der Waals surface area contributed by atoms with Gasteiger partial charge < -0.3 is 26.6 Å². The first-order chi connectivity index (χ1) is 10.4. The third-order valence-corrected chi connectivity index (χ3v) is 2.93. The Labute approximate surface area is 127 Å². The number of carboxylic acids is 2. The van der Waals surface area contributed by atoms with Crippen molar-refractivity contribution in [3.8, 4) is 0 Å². The van der Waals surface area contributed by atoms with Crippen molar-refractivity contribution in [1.29, 1.82) is 0 Å². The van der Waals surface area contributed by atoms with Crippen LogP contribution in [-0.4, -0.2) is 40.8 Å². The van der Waals surface area contributed by atoms with E-state index in [4.69, 9.17) is 15.9 Å². The molecule has 0 heterocycles. The summed E-state index contributed by atoms with van der Waals surface area (Å²) in [7, 11) is 0. The second kappa shape index (κ2) is 8.50. The summed E-state index contributed by atoms with van der Waals surface area (Å²) >= 11 is 0. The quantitative estimate of drug-likeness (QED) is 0.441. The van der Waals surface area contributed by atoms with Crippen molar-refractivity contribution in [2.75, 3.05) is 12.3 Å². The maximum atomic E-state index is 11.6. The Kier molecular flexibility index (Phi) is 6.68. The monoisotopic (exact) mass is 309 g/mol. The zero-order valence-corrected chi connectivity index (χ0v) is 11.9. The highest BCUT2D eigenvalue weighted by Gasteiger charge is 2.20. The van der Waals surface area contributed by atoms with Crippen LogP contribution in [0.5, 0.6) is 0 Å². The van der Waals surface area contributed by atoms with Crippen LogP contribution in [0.15, 0.2) is 24.3 Å². The molecule has 22 heavy (non-hydrogen) atoms. The number of nitrogens with one attached hydrogen (secondary N) is 2. The summed E-state index contributed by atoms with van der Waals surface area (Å²) in [5.41, 5.74) is 7.19. The predicted octanol–water partition coefficient (Wildman–Crippen LogP) is 0.428. The fourth-order valence-corrected chi connectivity index (χ4v) is 1.74. The van der Waals surface area contributed by atoms with Crippen molar-refractivity contribution >= 4 is 23.7 Å². The summed E-state index contributed by atoms with van der Waals surface area (Å²) in [6, 6.07) is 5.30. The lowest BCUT2D eigenvalue weighted by Crippen LogP contribution is -2.46. The molecule has 0 radical (unpaired) electrons. The normalized spacial score (nSPS) is 11.5. The number of nitrogens with two attached hydrogens (primary N) is 1. The van der Waals surface area contributed by atoms with Crippen LogP contribution in [-0.2, 0) is 16.0 Å². The highest BCUT2D eigenvalue weighted by molar-refractivity contribution is 5.83. The van der Waals surface area contributed by atoms with Crippen LogP contribution in [0.2, 0.25) is 0 Å². The van der Waals surface area contributed by atoms with Crippen molar-refractivity contribution in [2.45, 2.75) is 25.3 Å². The number of hydrogen-bond acceptors (Lipinski definition) is 4.